The molecule has 3 aromatic carbocycles. The number of amides is 1. The number of hydrogen-bond acceptors (Lipinski definition) is 2. The third kappa shape index (κ3) is 3.92. The summed E-state index contributed by atoms with van der Waals surface area (Å²) in [4.78, 5) is 15.2. The van der Waals surface area contributed by atoms with Gasteiger partial charge in [0.25, 0.3) is 0 Å². The molecule has 5 rings (SSSR count). The number of rotatable bonds is 6. The molecule has 3 aromatic rings. The fraction of sp³-hybridized carbons (Fsp3) is 0.296. The molecule has 1 saturated carbocycles. The van der Waals surface area contributed by atoms with E-state index in [1.807, 2.05) is 24.3 Å². The summed E-state index contributed by atoms with van der Waals surface area (Å²) in [6.07, 6.45) is 0.655. The molecule has 0 N–H and O–H groups in total. The molecule has 3 nitrogen and oxygen atoms in total. The average molecular weight is 428 g/mol. The summed E-state index contributed by atoms with van der Waals surface area (Å²) in [5.74, 6) is 0. The Kier molecular flexibility index (Phi) is 5.18. The first kappa shape index (κ1) is 20.1. The molecule has 1 saturated heterocycles. The number of carbonyl (C=O) groups excluding carboxylic acids is 1. The highest BCUT2D eigenvalue weighted by atomic mass is 28.3. The summed E-state index contributed by atoms with van der Waals surface area (Å²) in [6, 6.07) is 32.7. The summed E-state index contributed by atoms with van der Waals surface area (Å²) in [5, 5.41) is 0. The van der Waals surface area contributed by atoms with Crippen molar-refractivity contribution < 1.29 is 9.53 Å². The van der Waals surface area contributed by atoms with Gasteiger partial charge in [0.15, 0.2) is 6.10 Å². The van der Waals surface area contributed by atoms with E-state index in [1.54, 1.807) is 0 Å². The van der Waals surface area contributed by atoms with Gasteiger partial charge in [-0.3, -0.25) is 4.90 Å². The van der Waals surface area contributed by atoms with Crippen molar-refractivity contribution in [3.63, 3.8) is 0 Å². The molecular formula is C27H29NO2Si. The topological polar surface area (TPSA) is 29.5 Å². The predicted molar refractivity (Wildman–Crippen MR) is 126 cm³/mol. The van der Waals surface area contributed by atoms with Gasteiger partial charge in [-0.1, -0.05) is 110 Å². The standard InChI is InChI=1S/C27H29NO2Si/c1-31(2,19-20-12-6-3-7-13-20)24-18-23(24)28-25(21-14-8-4-9-15-21)26(30-27(28)29)22-16-10-5-11-17-22/h3-17,23-26H,18-19H2,1-2H3/t23-,24-,25+,26-/m1/s1. The van der Waals surface area contributed by atoms with Gasteiger partial charge < -0.3 is 4.74 Å². The molecular weight excluding hydrogens is 398 g/mol. The normalized spacial score (nSPS) is 25.4. The highest BCUT2D eigenvalue weighted by Gasteiger charge is 2.58. The molecule has 4 heteroatoms. The molecule has 0 radical (unpaired) electrons. The number of benzene rings is 3. The van der Waals surface area contributed by atoms with Crippen molar-refractivity contribution in [3.8, 4) is 0 Å². The molecule has 4 atom stereocenters. The molecule has 2 fully saturated rings. The van der Waals surface area contributed by atoms with Crippen LogP contribution in [0.15, 0.2) is 91.0 Å². The zero-order valence-electron chi connectivity index (χ0n) is 18.1. The summed E-state index contributed by atoms with van der Waals surface area (Å²) in [6.45, 7) is 4.94. The Morgan fingerprint density at radius 2 is 1.39 bits per heavy atom. The van der Waals surface area contributed by atoms with Crippen LogP contribution < -0.4 is 0 Å². The summed E-state index contributed by atoms with van der Waals surface area (Å²) in [7, 11) is -1.55. The van der Waals surface area contributed by atoms with Gasteiger partial charge in [0, 0.05) is 6.04 Å². The first-order valence-corrected chi connectivity index (χ1v) is 14.5. The van der Waals surface area contributed by atoms with Crippen LogP contribution in [0, 0.1) is 0 Å². The predicted octanol–water partition coefficient (Wildman–Crippen LogP) is 6.55. The lowest BCUT2D eigenvalue weighted by Gasteiger charge is -2.29. The van der Waals surface area contributed by atoms with E-state index < -0.39 is 8.07 Å². The van der Waals surface area contributed by atoms with Gasteiger partial charge in [-0.2, -0.15) is 0 Å². The fourth-order valence-corrected chi connectivity index (χ4v) is 8.93. The minimum absolute atomic E-state index is 0.0763. The molecule has 1 amide bonds. The van der Waals surface area contributed by atoms with E-state index >= 15 is 0 Å². The number of cyclic esters (lactones) is 1. The maximum Gasteiger partial charge on any atom is 0.411 e. The van der Waals surface area contributed by atoms with Crippen molar-refractivity contribution in [2.75, 3.05) is 0 Å². The number of hydrogen-bond donors (Lipinski definition) is 0. The second kappa shape index (κ2) is 8.01. The van der Waals surface area contributed by atoms with Gasteiger partial charge in [0.05, 0.1) is 8.07 Å². The third-order valence-corrected chi connectivity index (χ3v) is 10.9. The van der Waals surface area contributed by atoms with Gasteiger partial charge >= 0.3 is 6.09 Å². The second-order valence-corrected chi connectivity index (χ2v) is 14.6. The van der Waals surface area contributed by atoms with Crippen molar-refractivity contribution in [3.05, 3.63) is 108 Å². The van der Waals surface area contributed by atoms with E-state index in [9.17, 15) is 4.79 Å². The Balaban J connectivity index is 1.43. The molecule has 1 heterocycles. The van der Waals surface area contributed by atoms with Gasteiger partial charge in [0.2, 0.25) is 0 Å². The Bertz CT molecular complexity index is 1040. The number of ether oxygens (including phenoxy) is 1. The second-order valence-electron chi connectivity index (χ2n) is 9.54. The van der Waals surface area contributed by atoms with Crippen molar-refractivity contribution >= 4 is 14.2 Å². The zero-order chi connectivity index (χ0) is 21.4. The van der Waals surface area contributed by atoms with Gasteiger partial charge in [0.1, 0.15) is 6.04 Å². The van der Waals surface area contributed by atoms with Crippen molar-refractivity contribution in [2.24, 2.45) is 0 Å². The Hall–Kier alpha value is -2.85. The molecule has 31 heavy (non-hydrogen) atoms. The van der Waals surface area contributed by atoms with Crippen LogP contribution in [0.1, 0.15) is 35.3 Å². The van der Waals surface area contributed by atoms with Crippen LogP contribution in [-0.4, -0.2) is 25.1 Å². The largest absolute Gasteiger partial charge is 0.439 e. The fourth-order valence-electron chi connectivity index (χ4n) is 5.30. The Labute approximate surface area is 185 Å². The highest BCUT2D eigenvalue weighted by Crippen LogP contribution is 2.56. The molecule has 0 bridgehead atoms. The van der Waals surface area contributed by atoms with Crippen molar-refractivity contribution in [2.45, 2.75) is 49.3 Å². The minimum Gasteiger partial charge on any atom is -0.439 e. The molecule has 158 valence electrons. The SMILES string of the molecule is C[Si](C)(Cc1ccccc1)[C@@H]1C[C@H]1N1C(=O)O[C@H](c2ccccc2)[C@@H]1c1ccccc1. The zero-order valence-corrected chi connectivity index (χ0v) is 19.1. The Morgan fingerprint density at radius 3 is 2.00 bits per heavy atom. The number of carbonyl (C=O) groups is 1. The van der Waals surface area contributed by atoms with Gasteiger partial charge in [-0.25, -0.2) is 4.79 Å². The van der Waals surface area contributed by atoms with Crippen LogP contribution in [0.2, 0.25) is 18.6 Å². The van der Waals surface area contributed by atoms with E-state index in [2.05, 4.69) is 84.7 Å². The van der Waals surface area contributed by atoms with Crippen LogP contribution in [0.4, 0.5) is 4.79 Å². The maximum atomic E-state index is 13.2. The molecule has 0 unspecified atom stereocenters. The van der Waals surface area contributed by atoms with Gasteiger partial charge in [-0.05, 0) is 29.1 Å². The lowest BCUT2D eigenvalue weighted by atomic mass is 9.95. The van der Waals surface area contributed by atoms with E-state index in [1.165, 1.54) is 5.56 Å². The first-order valence-electron chi connectivity index (χ1n) is 11.2. The van der Waals surface area contributed by atoms with Gasteiger partial charge in [-0.15, -0.1) is 0 Å². The Morgan fingerprint density at radius 1 is 0.839 bits per heavy atom. The third-order valence-electron chi connectivity index (χ3n) is 6.91. The first-order chi connectivity index (χ1) is 15.0. The number of nitrogens with zero attached hydrogens (tertiary/aromatic N) is 1. The smallest absolute Gasteiger partial charge is 0.411 e. The molecule has 0 spiro atoms. The quantitative estimate of drug-likeness (QED) is 0.417. The lowest BCUT2D eigenvalue weighted by Crippen LogP contribution is -2.37. The van der Waals surface area contributed by atoms with Crippen LogP contribution in [0.3, 0.4) is 0 Å². The maximum absolute atomic E-state index is 13.2. The summed E-state index contributed by atoms with van der Waals surface area (Å²) < 4.78 is 6.01. The van der Waals surface area contributed by atoms with Crippen LogP contribution >= 0.6 is 0 Å². The molecule has 0 aromatic heterocycles. The van der Waals surface area contributed by atoms with Crippen LogP contribution in [-0.2, 0) is 10.8 Å². The highest BCUT2D eigenvalue weighted by molar-refractivity contribution is 6.79. The lowest BCUT2D eigenvalue weighted by molar-refractivity contribution is 0.129. The summed E-state index contributed by atoms with van der Waals surface area (Å²) in [5.41, 5.74) is 4.22. The molecule has 1 aliphatic carbocycles. The average Bonchev–Trinajstić information content (AvgIpc) is 3.52. The van der Waals surface area contributed by atoms with Crippen LogP contribution in [0.5, 0.6) is 0 Å². The van der Waals surface area contributed by atoms with Crippen molar-refractivity contribution in [1.82, 2.24) is 4.90 Å². The van der Waals surface area contributed by atoms with E-state index in [-0.39, 0.29) is 24.3 Å². The summed E-state index contributed by atoms with van der Waals surface area (Å²) >= 11 is 0. The van der Waals surface area contributed by atoms with E-state index in [0.717, 1.165) is 23.6 Å². The van der Waals surface area contributed by atoms with Crippen molar-refractivity contribution in [1.29, 1.82) is 0 Å². The molecule has 2 aliphatic rings. The monoisotopic (exact) mass is 427 g/mol. The van der Waals surface area contributed by atoms with E-state index in [0.29, 0.717) is 5.54 Å². The van der Waals surface area contributed by atoms with Crippen LogP contribution in [0.25, 0.3) is 0 Å². The van der Waals surface area contributed by atoms with E-state index in [4.69, 9.17) is 4.74 Å². The minimum atomic E-state index is -1.55. The molecule has 1 aliphatic heterocycles.